The summed E-state index contributed by atoms with van der Waals surface area (Å²) in [6.45, 7) is 0. The van der Waals surface area contributed by atoms with Crippen LogP contribution >= 0.6 is 22.6 Å². The second kappa shape index (κ2) is 8.32. The van der Waals surface area contributed by atoms with Gasteiger partial charge in [-0.1, -0.05) is 0 Å². The predicted molar refractivity (Wildman–Crippen MR) is 68.9 cm³/mol. The minimum absolute atomic E-state index is 0.994. The fraction of sp³-hybridized carbons (Fsp3) is 1.00. The Morgan fingerprint density at radius 3 is 0.774 bits per heavy atom. The van der Waals surface area contributed by atoms with E-state index in [1.165, 1.54) is 0 Å². The molecule has 0 aliphatic heterocycles. The molecular weight excluding hydrogens is 642 g/mol. The van der Waals surface area contributed by atoms with Gasteiger partial charge in [0.05, 0.1) is 0 Å². The molecule has 0 amide bonds. The van der Waals surface area contributed by atoms with Gasteiger partial charge in [0.2, 0.25) is 0 Å². The fourth-order valence-electron chi connectivity index (χ4n) is 1.14. The van der Waals surface area contributed by atoms with Crippen molar-refractivity contribution in [2.24, 2.45) is 0 Å². The van der Waals surface area contributed by atoms with Crippen LogP contribution in [0.2, 0.25) is 0 Å². The highest BCUT2D eigenvalue weighted by Crippen LogP contribution is 2.64. The van der Waals surface area contributed by atoms with Crippen LogP contribution in [-0.4, -0.2) is 63.2 Å². The predicted octanol–water partition coefficient (Wildman–Crippen LogP) is 5.74. The van der Waals surface area contributed by atoms with Crippen LogP contribution in [0.4, 0.5) is 74.6 Å². The number of hydrogen-bond acceptors (Lipinski definition) is 2. The lowest BCUT2D eigenvalue weighted by molar-refractivity contribution is -0.457. The number of hydrogen-bond donors (Lipinski definition) is 2. The Labute approximate surface area is 171 Å². The molecule has 0 heterocycles. The van der Waals surface area contributed by atoms with Crippen molar-refractivity contribution in [1.82, 2.24) is 0 Å². The summed E-state index contributed by atoms with van der Waals surface area (Å²) in [6, 6.07) is 0. The molecule has 0 rings (SSSR count). The third-order valence-electron chi connectivity index (χ3n) is 2.68. The van der Waals surface area contributed by atoms with Gasteiger partial charge in [0, 0.05) is 22.6 Å². The van der Waals surface area contributed by atoms with Gasteiger partial charge in [-0.25, -0.2) is 0 Å². The maximum absolute atomic E-state index is 12.9. The summed E-state index contributed by atoms with van der Waals surface area (Å²) in [5.41, 5.74) is 0. The lowest BCUT2D eigenvalue weighted by Gasteiger charge is -2.42. The lowest BCUT2D eigenvalue weighted by atomic mass is 9.91. The fourth-order valence-corrected chi connectivity index (χ4v) is 1.48. The van der Waals surface area contributed by atoms with Crippen molar-refractivity contribution in [1.29, 1.82) is 0 Å². The third-order valence-corrected chi connectivity index (χ3v) is 3.36. The monoisotopic (exact) mass is 644 g/mol. The molecular formula is C8H2F17IO4S. The van der Waals surface area contributed by atoms with Gasteiger partial charge >= 0.3 is 56.0 Å². The van der Waals surface area contributed by atoms with Crippen LogP contribution in [0.3, 0.4) is 0 Å². The van der Waals surface area contributed by atoms with Crippen molar-refractivity contribution in [2.75, 3.05) is 0 Å². The summed E-state index contributed by atoms with van der Waals surface area (Å²) < 4.78 is 238. The molecule has 190 valence electrons. The van der Waals surface area contributed by atoms with Crippen LogP contribution < -0.4 is 0 Å². The molecule has 0 fully saturated rings. The van der Waals surface area contributed by atoms with Crippen LogP contribution in [-0.2, 0) is 10.4 Å². The maximum atomic E-state index is 12.9. The highest BCUT2D eigenvalue weighted by molar-refractivity contribution is 14.1. The van der Waals surface area contributed by atoms with E-state index in [4.69, 9.17) is 17.5 Å². The van der Waals surface area contributed by atoms with E-state index in [2.05, 4.69) is 0 Å². The zero-order valence-electron chi connectivity index (χ0n) is 12.9. The van der Waals surface area contributed by atoms with Crippen molar-refractivity contribution in [2.45, 2.75) is 45.6 Å². The van der Waals surface area contributed by atoms with Crippen molar-refractivity contribution in [3.05, 3.63) is 0 Å². The van der Waals surface area contributed by atoms with Crippen molar-refractivity contribution >= 4 is 33.0 Å². The zero-order valence-corrected chi connectivity index (χ0v) is 15.9. The first-order valence-corrected chi connectivity index (χ1v) is 8.33. The van der Waals surface area contributed by atoms with Crippen LogP contribution in [0.25, 0.3) is 0 Å². The van der Waals surface area contributed by atoms with Crippen molar-refractivity contribution < 1.29 is 92.2 Å². The molecule has 0 radical (unpaired) electrons. The van der Waals surface area contributed by atoms with E-state index in [1.807, 2.05) is 0 Å². The summed E-state index contributed by atoms with van der Waals surface area (Å²) in [5.74, 6) is -49.4. The molecule has 0 saturated carbocycles. The van der Waals surface area contributed by atoms with E-state index in [-0.39, 0.29) is 0 Å². The number of rotatable bonds is 6. The molecule has 0 spiro atoms. The highest BCUT2D eigenvalue weighted by Gasteiger charge is 2.95. The minimum atomic E-state index is -8.56. The summed E-state index contributed by atoms with van der Waals surface area (Å²) in [7, 11) is -4.67. The Morgan fingerprint density at radius 2 is 0.613 bits per heavy atom. The third kappa shape index (κ3) is 5.67. The van der Waals surface area contributed by atoms with E-state index in [1.54, 1.807) is 0 Å². The van der Waals surface area contributed by atoms with Crippen molar-refractivity contribution in [3.8, 4) is 0 Å². The molecule has 2 N–H and O–H groups in total. The molecule has 0 aromatic carbocycles. The average molecular weight is 644 g/mol. The SMILES string of the molecule is FC(F)(F)C(F)(F)C(F)(F)C(F)(F)C(F)(F)C(F)(F)C(F)(F)C(F)(F)I.O=S(=O)(O)O. The maximum Gasteiger partial charge on any atom is 0.460 e. The zero-order chi connectivity index (χ0) is 26.5. The minimum Gasteiger partial charge on any atom is -0.264 e. The summed E-state index contributed by atoms with van der Waals surface area (Å²) in [6.07, 6.45) is -7.74. The largest absolute Gasteiger partial charge is 0.460 e. The molecule has 0 aromatic heterocycles. The van der Waals surface area contributed by atoms with Crippen LogP contribution in [0.1, 0.15) is 0 Å². The Balaban J connectivity index is 0. The highest BCUT2D eigenvalue weighted by atomic mass is 127. The van der Waals surface area contributed by atoms with Gasteiger partial charge in [-0.3, -0.25) is 9.11 Å². The van der Waals surface area contributed by atoms with E-state index in [0.29, 0.717) is 0 Å². The molecule has 4 nitrogen and oxygen atoms in total. The van der Waals surface area contributed by atoms with E-state index >= 15 is 0 Å². The van der Waals surface area contributed by atoms with Crippen LogP contribution in [0, 0.1) is 0 Å². The van der Waals surface area contributed by atoms with Gasteiger partial charge in [-0.05, 0) is 0 Å². The summed E-state index contributed by atoms with van der Waals surface area (Å²) in [4.78, 5) is 0. The van der Waals surface area contributed by atoms with Gasteiger partial charge < -0.3 is 0 Å². The number of halogens is 18. The summed E-state index contributed by atoms with van der Waals surface area (Å²) in [5, 5.41) is 0. The quantitative estimate of drug-likeness (QED) is 0.168. The second-order valence-corrected chi connectivity index (χ2v) is 7.14. The van der Waals surface area contributed by atoms with E-state index in [9.17, 15) is 74.6 Å². The molecule has 0 atom stereocenters. The second-order valence-electron chi connectivity index (χ2n) is 4.89. The molecule has 0 aliphatic carbocycles. The van der Waals surface area contributed by atoms with Gasteiger partial charge in [0.1, 0.15) is 0 Å². The smallest absolute Gasteiger partial charge is 0.264 e. The van der Waals surface area contributed by atoms with Crippen molar-refractivity contribution in [3.63, 3.8) is 0 Å². The molecule has 0 unspecified atom stereocenters. The molecule has 31 heavy (non-hydrogen) atoms. The molecule has 0 aromatic rings. The topological polar surface area (TPSA) is 74.6 Å². The first-order chi connectivity index (χ1) is 12.8. The van der Waals surface area contributed by atoms with Gasteiger partial charge in [-0.2, -0.15) is 83.1 Å². The summed E-state index contributed by atoms with van der Waals surface area (Å²) >= 11 is -0.994. The van der Waals surface area contributed by atoms with Crippen LogP contribution in [0.5, 0.6) is 0 Å². The molecule has 0 aliphatic rings. The molecule has 0 saturated heterocycles. The Bertz CT molecular complexity index is 680. The Morgan fingerprint density at radius 1 is 0.452 bits per heavy atom. The number of alkyl halides is 18. The van der Waals surface area contributed by atoms with E-state index in [0.717, 1.165) is 0 Å². The molecule has 0 bridgehead atoms. The first kappa shape index (κ1) is 32.6. The normalized spacial score (nSPS) is 16.0. The van der Waals surface area contributed by atoms with Gasteiger partial charge in [0.15, 0.2) is 0 Å². The first-order valence-electron chi connectivity index (χ1n) is 5.85. The average Bonchev–Trinajstić information content (AvgIpc) is 2.41. The van der Waals surface area contributed by atoms with Crippen LogP contribution in [0.15, 0.2) is 0 Å². The van der Waals surface area contributed by atoms with Gasteiger partial charge in [0.25, 0.3) is 0 Å². The Kier molecular flexibility index (Phi) is 8.75. The standard InChI is InChI=1S/C8F17I.H2O4S/c9-1(10,3(13,14)5(17,18)7(21,22)23)2(11,12)4(15,16)6(19,20)8(24,25)26;1-5(2,3)4/h;(H2,1,2,3,4). The van der Waals surface area contributed by atoms with Gasteiger partial charge in [-0.15, -0.1) is 0 Å². The Hall–Kier alpha value is -0.590. The lowest BCUT2D eigenvalue weighted by Crippen LogP contribution is -2.74. The molecule has 23 heteroatoms. The van der Waals surface area contributed by atoms with E-state index < -0.39 is 78.6 Å².